The van der Waals surface area contributed by atoms with Crippen molar-refractivity contribution in [2.45, 2.75) is 62.6 Å². The molecule has 1 aliphatic carbocycles. The Bertz CT molecular complexity index is 973. The van der Waals surface area contributed by atoms with E-state index in [1.165, 1.54) is 10.5 Å². The summed E-state index contributed by atoms with van der Waals surface area (Å²) in [6.45, 7) is 0.578. The van der Waals surface area contributed by atoms with Gasteiger partial charge in [-0.3, -0.25) is 4.79 Å². The molecule has 32 heavy (non-hydrogen) atoms. The Morgan fingerprint density at radius 3 is 2.28 bits per heavy atom. The molecule has 1 saturated heterocycles. The van der Waals surface area contributed by atoms with Crippen LogP contribution >= 0.6 is 0 Å². The molecule has 2 aliphatic rings. The topological polar surface area (TPSA) is 110 Å². The molecule has 1 aromatic rings. The summed E-state index contributed by atoms with van der Waals surface area (Å²) in [7, 11) is -6.97. The summed E-state index contributed by atoms with van der Waals surface area (Å²) in [5.41, 5.74) is 1.34. The van der Waals surface area contributed by atoms with Crippen LogP contribution in [0.5, 0.6) is 0 Å². The van der Waals surface area contributed by atoms with E-state index in [1.807, 2.05) is 6.07 Å². The number of ether oxygens (including phenoxy) is 1. The SMILES string of the molecule is CS(=O)(=O)CC(=O)N1CCC[C@H](NS(C)(=O)=O)[C@@H]1CO[C@H]1CC[C@@H](c2ccccc2)CC1. The number of benzene rings is 1. The van der Waals surface area contributed by atoms with Gasteiger partial charge in [-0.25, -0.2) is 21.6 Å². The number of nitrogens with one attached hydrogen (secondary N) is 1. The molecule has 1 aromatic carbocycles. The van der Waals surface area contributed by atoms with Gasteiger partial charge in [0.2, 0.25) is 15.9 Å². The van der Waals surface area contributed by atoms with Gasteiger partial charge in [0, 0.05) is 18.8 Å². The maximum absolute atomic E-state index is 12.7. The molecule has 3 rings (SSSR count). The van der Waals surface area contributed by atoms with Gasteiger partial charge in [-0.2, -0.15) is 0 Å². The average Bonchev–Trinajstić information content (AvgIpc) is 2.71. The normalized spacial score (nSPS) is 27.2. The Labute approximate surface area is 191 Å². The molecule has 0 radical (unpaired) electrons. The second-order valence-electron chi connectivity index (χ2n) is 9.08. The summed E-state index contributed by atoms with van der Waals surface area (Å²) < 4.78 is 55.9. The van der Waals surface area contributed by atoms with Gasteiger partial charge in [0.25, 0.3) is 0 Å². The summed E-state index contributed by atoms with van der Waals surface area (Å²) in [6, 6.07) is 9.40. The van der Waals surface area contributed by atoms with Gasteiger partial charge >= 0.3 is 0 Å². The van der Waals surface area contributed by atoms with Gasteiger partial charge in [-0.05, 0) is 50.0 Å². The molecule has 10 heteroatoms. The number of sulfonamides is 1. The minimum Gasteiger partial charge on any atom is -0.376 e. The first-order valence-electron chi connectivity index (χ1n) is 11.1. The molecule has 0 aromatic heterocycles. The Morgan fingerprint density at radius 1 is 1.03 bits per heavy atom. The van der Waals surface area contributed by atoms with Crippen LogP contribution in [0.1, 0.15) is 50.0 Å². The van der Waals surface area contributed by atoms with Crippen molar-refractivity contribution in [3.8, 4) is 0 Å². The Kier molecular flexibility index (Phi) is 8.35. The molecule has 1 aliphatic heterocycles. The molecule has 8 nitrogen and oxygen atoms in total. The van der Waals surface area contributed by atoms with E-state index in [0.29, 0.717) is 25.3 Å². The lowest BCUT2D eigenvalue weighted by Crippen LogP contribution is -2.59. The predicted octanol–water partition coefficient (Wildman–Crippen LogP) is 1.68. The maximum Gasteiger partial charge on any atom is 0.238 e. The molecule has 2 fully saturated rings. The smallest absolute Gasteiger partial charge is 0.238 e. The second-order valence-corrected chi connectivity index (χ2v) is 13.0. The molecule has 180 valence electrons. The van der Waals surface area contributed by atoms with Crippen molar-refractivity contribution in [3.63, 3.8) is 0 Å². The number of nitrogens with zero attached hydrogens (tertiary/aromatic N) is 1. The molecule has 1 heterocycles. The number of hydrogen-bond donors (Lipinski definition) is 1. The molecule has 0 spiro atoms. The highest BCUT2D eigenvalue weighted by atomic mass is 32.2. The van der Waals surface area contributed by atoms with Gasteiger partial charge in [0.1, 0.15) is 5.75 Å². The molecule has 0 unspecified atom stereocenters. The average molecular weight is 487 g/mol. The summed E-state index contributed by atoms with van der Waals surface area (Å²) in [5, 5.41) is 0. The monoisotopic (exact) mass is 486 g/mol. The zero-order valence-electron chi connectivity index (χ0n) is 18.8. The summed E-state index contributed by atoms with van der Waals surface area (Å²) in [5.74, 6) is -0.579. The molecule has 1 saturated carbocycles. The molecule has 1 amide bonds. The van der Waals surface area contributed by atoms with Gasteiger partial charge in [0.15, 0.2) is 9.84 Å². The van der Waals surface area contributed by atoms with Gasteiger partial charge in [-0.1, -0.05) is 30.3 Å². The fourth-order valence-corrected chi connectivity index (χ4v) is 6.25. The van der Waals surface area contributed by atoms with Crippen LogP contribution in [0, 0.1) is 0 Å². The largest absolute Gasteiger partial charge is 0.376 e. The van der Waals surface area contributed by atoms with Crippen LogP contribution < -0.4 is 4.72 Å². The molecule has 1 N–H and O–H groups in total. The zero-order chi connectivity index (χ0) is 23.4. The molecular formula is C22H34N2O6S2. The molecule has 0 bridgehead atoms. The maximum atomic E-state index is 12.7. The lowest BCUT2D eigenvalue weighted by molar-refractivity contribution is -0.135. The summed E-state index contributed by atoms with van der Waals surface area (Å²) in [6.07, 6.45) is 7.16. The van der Waals surface area contributed by atoms with Crippen molar-refractivity contribution in [1.82, 2.24) is 9.62 Å². The van der Waals surface area contributed by atoms with Gasteiger partial charge < -0.3 is 9.64 Å². The van der Waals surface area contributed by atoms with Crippen molar-refractivity contribution in [2.75, 3.05) is 31.4 Å². The predicted molar refractivity (Wildman–Crippen MR) is 124 cm³/mol. The van der Waals surface area contributed by atoms with E-state index >= 15 is 0 Å². The summed E-state index contributed by atoms with van der Waals surface area (Å²) in [4.78, 5) is 14.2. The molecular weight excluding hydrogens is 452 g/mol. The highest BCUT2D eigenvalue weighted by molar-refractivity contribution is 7.91. The van der Waals surface area contributed by atoms with Crippen LogP contribution in [0.3, 0.4) is 0 Å². The van der Waals surface area contributed by atoms with Gasteiger partial charge in [0.05, 0.1) is 25.0 Å². The zero-order valence-corrected chi connectivity index (χ0v) is 20.4. The number of sulfone groups is 1. The minimum atomic E-state index is -3.49. The third-order valence-corrected chi connectivity index (χ3v) is 7.80. The number of amides is 1. The number of hydrogen-bond acceptors (Lipinski definition) is 6. The van der Waals surface area contributed by atoms with Gasteiger partial charge in [-0.15, -0.1) is 0 Å². The standard InChI is InChI=1S/C22H34N2O6S2/c1-31(26,27)16-22(25)24-14-6-9-20(23-32(2,28)29)21(24)15-30-19-12-10-18(11-13-19)17-7-4-3-5-8-17/h3-5,7-8,18-21,23H,6,9-16H2,1-2H3/t18-,19+,20-,21-/m0/s1. The van der Waals surface area contributed by atoms with Crippen LogP contribution in [0.2, 0.25) is 0 Å². The van der Waals surface area contributed by atoms with E-state index < -0.39 is 43.6 Å². The van der Waals surface area contributed by atoms with Crippen molar-refractivity contribution in [2.24, 2.45) is 0 Å². The fourth-order valence-electron chi connectivity index (χ4n) is 4.82. The molecule has 2 atom stereocenters. The van der Waals surface area contributed by atoms with Crippen LogP contribution in [0.25, 0.3) is 0 Å². The fraction of sp³-hybridized carbons (Fsp3) is 0.682. The van der Waals surface area contributed by atoms with Crippen LogP contribution in [-0.4, -0.2) is 77.2 Å². The van der Waals surface area contributed by atoms with E-state index in [-0.39, 0.29) is 12.7 Å². The Hall–Kier alpha value is -1.49. The first kappa shape index (κ1) is 25.1. The van der Waals surface area contributed by atoms with E-state index in [1.54, 1.807) is 0 Å². The quantitative estimate of drug-likeness (QED) is 0.599. The van der Waals surface area contributed by atoms with Crippen molar-refractivity contribution < 1.29 is 26.4 Å². The first-order valence-corrected chi connectivity index (χ1v) is 15.1. The van der Waals surface area contributed by atoms with E-state index in [0.717, 1.165) is 38.2 Å². The number of carbonyl (C=O) groups is 1. The van der Waals surface area contributed by atoms with Crippen molar-refractivity contribution in [1.29, 1.82) is 0 Å². The number of rotatable bonds is 8. The Morgan fingerprint density at radius 2 is 1.69 bits per heavy atom. The summed E-state index contributed by atoms with van der Waals surface area (Å²) >= 11 is 0. The van der Waals surface area contributed by atoms with Crippen molar-refractivity contribution >= 4 is 25.8 Å². The van der Waals surface area contributed by atoms with Crippen LogP contribution in [-0.2, 0) is 29.4 Å². The van der Waals surface area contributed by atoms with Crippen LogP contribution in [0.15, 0.2) is 30.3 Å². The second kappa shape index (κ2) is 10.6. The van der Waals surface area contributed by atoms with E-state index in [4.69, 9.17) is 4.74 Å². The Balaban J connectivity index is 1.64. The number of carbonyl (C=O) groups excluding carboxylic acids is 1. The third-order valence-electron chi connectivity index (χ3n) is 6.30. The van der Waals surface area contributed by atoms with Crippen LogP contribution in [0.4, 0.5) is 0 Å². The third kappa shape index (κ3) is 7.54. The first-order chi connectivity index (χ1) is 15.0. The number of likely N-dealkylation sites (tertiary alicyclic amines) is 1. The van der Waals surface area contributed by atoms with E-state index in [9.17, 15) is 21.6 Å². The lowest BCUT2D eigenvalue weighted by Gasteiger charge is -2.42. The lowest BCUT2D eigenvalue weighted by atomic mass is 9.83. The minimum absolute atomic E-state index is 0.0441. The highest BCUT2D eigenvalue weighted by Crippen LogP contribution is 2.34. The highest BCUT2D eigenvalue weighted by Gasteiger charge is 2.37. The number of piperidine rings is 1. The van der Waals surface area contributed by atoms with E-state index in [2.05, 4.69) is 29.0 Å². The van der Waals surface area contributed by atoms with Crippen molar-refractivity contribution in [3.05, 3.63) is 35.9 Å².